The molecule has 32 heavy (non-hydrogen) atoms. The number of nitrogens with zero attached hydrogens (tertiary/aromatic N) is 2. The van der Waals surface area contributed by atoms with Crippen molar-refractivity contribution >= 4 is 34.5 Å². The summed E-state index contributed by atoms with van der Waals surface area (Å²) in [6, 6.07) is 12.5. The number of rotatable bonds is 5. The van der Waals surface area contributed by atoms with Crippen LogP contribution in [0.5, 0.6) is 5.75 Å². The Labute approximate surface area is 189 Å². The van der Waals surface area contributed by atoms with Crippen LogP contribution in [0.3, 0.4) is 0 Å². The van der Waals surface area contributed by atoms with E-state index in [0.29, 0.717) is 46.2 Å². The molecule has 0 bridgehead atoms. The van der Waals surface area contributed by atoms with Crippen molar-refractivity contribution in [3.63, 3.8) is 0 Å². The van der Waals surface area contributed by atoms with Crippen molar-refractivity contribution in [2.45, 2.75) is 25.5 Å². The van der Waals surface area contributed by atoms with Crippen molar-refractivity contribution in [3.8, 4) is 5.75 Å². The average molecular weight is 452 g/mol. The number of ether oxygens (including phenoxy) is 2. The van der Waals surface area contributed by atoms with Crippen molar-refractivity contribution in [2.24, 2.45) is 0 Å². The summed E-state index contributed by atoms with van der Waals surface area (Å²) in [6.07, 6.45) is 3.62. The van der Waals surface area contributed by atoms with Crippen LogP contribution in [0.15, 0.2) is 52.8 Å². The molecule has 3 heterocycles. The summed E-state index contributed by atoms with van der Waals surface area (Å²) in [7, 11) is 0. The lowest BCUT2D eigenvalue weighted by atomic mass is 10.1. The van der Waals surface area contributed by atoms with Gasteiger partial charge in [0.1, 0.15) is 18.2 Å². The standard InChI is InChI=1S/C24H22ClN3O4/c25-17-7-8-21-15(11-17)10-16(14-32-21)24(30)28(12-18-4-3-9-31-18)13-22-26-20-6-2-1-5-19(20)23(29)27-22/h1-2,5-8,10-11,18H,3-4,9,12-14H2,(H,26,27,29). The number of hydrogen-bond donors (Lipinski definition) is 1. The Morgan fingerprint density at radius 1 is 1.25 bits per heavy atom. The van der Waals surface area contributed by atoms with Crippen molar-refractivity contribution in [3.05, 3.63) is 74.8 Å². The highest BCUT2D eigenvalue weighted by Crippen LogP contribution is 2.30. The first-order valence-corrected chi connectivity index (χ1v) is 11.0. The van der Waals surface area contributed by atoms with Gasteiger partial charge in [-0.05, 0) is 49.2 Å². The van der Waals surface area contributed by atoms with Gasteiger partial charge in [0, 0.05) is 23.7 Å². The van der Waals surface area contributed by atoms with Crippen LogP contribution in [0.1, 0.15) is 24.2 Å². The third kappa shape index (κ3) is 4.26. The molecule has 2 aliphatic rings. The van der Waals surface area contributed by atoms with E-state index in [1.54, 1.807) is 41.3 Å². The quantitative estimate of drug-likeness (QED) is 0.641. The molecule has 7 nitrogen and oxygen atoms in total. The van der Waals surface area contributed by atoms with Crippen molar-refractivity contribution in [1.29, 1.82) is 0 Å². The summed E-state index contributed by atoms with van der Waals surface area (Å²) in [4.78, 5) is 35.1. The molecule has 1 fully saturated rings. The Morgan fingerprint density at radius 3 is 2.97 bits per heavy atom. The molecule has 1 amide bonds. The second-order valence-electron chi connectivity index (χ2n) is 7.99. The lowest BCUT2D eigenvalue weighted by Gasteiger charge is -2.27. The number of para-hydroxylation sites is 1. The van der Waals surface area contributed by atoms with E-state index >= 15 is 0 Å². The van der Waals surface area contributed by atoms with E-state index < -0.39 is 0 Å². The molecular weight excluding hydrogens is 430 g/mol. The van der Waals surface area contributed by atoms with Crippen LogP contribution in [-0.4, -0.2) is 46.6 Å². The van der Waals surface area contributed by atoms with Crippen LogP contribution in [0.4, 0.5) is 0 Å². The molecule has 0 aliphatic carbocycles. The molecule has 1 aromatic heterocycles. The molecule has 164 valence electrons. The minimum Gasteiger partial charge on any atom is -0.488 e. The number of amides is 1. The number of hydrogen-bond acceptors (Lipinski definition) is 5. The van der Waals surface area contributed by atoms with Crippen LogP contribution in [-0.2, 0) is 16.1 Å². The van der Waals surface area contributed by atoms with Crippen LogP contribution < -0.4 is 10.3 Å². The summed E-state index contributed by atoms with van der Waals surface area (Å²) >= 11 is 6.11. The molecule has 1 N–H and O–H groups in total. The molecule has 1 atom stereocenters. The van der Waals surface area contributed by atoms with Crippen molar-refractivity contribution in [2.75, 3.05) is 19.8 Å². The minimum absolute atomic E-state index is 0.0435. The fourth-order valence-electron chi connectivity index (χ4n) is 4.12. The fraction of sp³-hybridized carbons (Fsp3) is 0.292. The van der Waals surface area contributed by atoms with Gasteiger partial charge in [-0.2, -0.15) is 0 Å². The Bertz CT molecular complexity index is 1260. The summed E-state index contributed by atoms with van der Waals surface area (Å²) in [5.41, 5.74) is 1.65. The van der Waals surface area contributed by atoms with Crippen molar-refractivity contribution < 1.29 is 14.3 Å². The highest BCUT2D eigenvalue weighted by atomic mass is 35.5. The second kappa shape index (κ2) is 8.76. The average Bonchev–Trinajstić information content (AvgIpc) is 3.31. The first-order valence-electron chi connectivity index (χ1n) is 10.6. The van der Waals surface area contributed by atoms with Gasteiger partial charge in [-0.1, -0.05) is 23.7 Å². The third-order valence-corrected chi connectivity index (χ3v) is 5.93. The van der Waals surface area contributed by atoms with Gasteiger partial charge in [0.25, 0.3) is 11.5 Å². The molecular formula is C24H22ClN3O4. The molecule has 0 spiro atoms. The van der Waals surface area contributed by atoms with Gasteiger partial charge in [-0.3, -0.25) is 9.59 Å². The number of halogens is 1. The van der Waals surface area contributed by atoms with Crippen LogP contribution in [0.25, 0.3) is 17.0 Å². The Balaban J connectivity index is 1.46. The van der Waals surface area contributed by atoms with Gasteiger partial charge < -0.3 is 19.4 Å². The van der Waals surface area contributed by atoms with E-state index in [1.165, 1.54) is 0 Å². The maximum absolute atomic E-state index is 13.5. The number of nitrogens with one attached hydrogen (secondary N) is 1. The molecule has 3 aromatic rings. The van der Waals surface area contributed by atoms with Gasteiger partial charge in [-0.25, -0.2) is 4.98 Å². The molecule has 2 aromatic carbocycles. The van der Waals surface area contributed by atoms with E-state index in [2.05, 4.69) is 9.97 Å². The van der Waals surface area contributed by atoms with Gasteiger partial charge in [0.15, 0.2) is 0 Å². The molecule has 0 radical (unpaired) electrons. The summed E-state index contributed by atoms with van der Waals surface area (Å²) in [5, 5.41) is 1.09. The predicted molar refractivity (Wildman–Crippen MR) is 122 cm³/mol. The Hall–Kier alpha value is -3.16. The van der Waals surface area contributed by atoms with E-state index in [1.807, 2.05) is 12.1 Å². The number of benzene rings is 2. The normalized spacial score (nSPS) is 17.5. The zero-order chi connectivity index (χ0) is 22.1. The van der Waals surface area contributed by atoms with Gasteiger partial charge in [-0.15, -0.1) is 0 Å². The Morgan fingerprint density at radius 2 is 2.12 bits per heavy atom. The number of fused-ring (bicyclic) bond motifs is 2. The monoisotopic (exact) mass is 451 g/mol. The fourth-order valence-corrected chi connectivity index (χ4v) is 4.30. The van der Waals surface area contributed by atoms with Crippen LogP contribution in [0, 0.1) is 0 Å². The SMILES string of the molecule is O=C(C1=Cc2cc(Cl)ccc2OC1)N(Cc1nc2ccccc2c(=O)[nH]1)CC1CCCO1. The lowest BCUT2D eigenvalue weighted by molar-refractivity contribution is -0.129. The van der Waals surface area contributed by atoms with Gasteiger partial charge >= 0.3 is 0 Å². The summed E-state index contributed by atoms with van der Waals surface area (Å²) in [6.45, 7) is 1.43. The van der Waals surface area contributed by atoms with Crippen LogP contribution >= 0.6 is 11.6 Å². The van der Waals surface area contributed by atoms with Gasteiger partial charge in [0.2, 0.25) is 0 Å². The van der Waals surface area contributed by atoms with Crippen LogP contribution in [0.2, 0.25) is 5.02 Å². The highest BCUT2D eigenvalue weighted by Gasteiger charge is 2.27. The van der Waals surface area contributed by atoms with E-state index in [4.69, 9.17) is 21.1 Å². The zero-order valence-corrected chi connectivity index (χ0v) is 18.1. The topological polar surface area (TPSA) is 84.5 Å². The lowest BCUT2D eigenvalue weighted by Crippen LogP contribution is -2.39. The molecule has 0 saturated carbocycles. The second-order valence-corrected chi connectivity index (χ2v) is 8.43. The first-order chi connectivity index (χ1) is 15.6. The van der Waals surface area contributed by atoms with E-state index in [0.717, 1.165) is 18.4 Å². The number of aromatic nitrogens is 2. The maximum atomic E-state index is 13.5. The summed E-state index contributed by atoms with van der Waals surface area (Å²) < 4.78 is 11.6. The van der Waals surface area contributed by atoms with E-state index in [9.17, 15) is 9.59 Å². The van der Waals surface area contributed by atoms with E-state index in [-0.39, 0.29) is 30.7 Å². The zero-order valence-electron chi connectivity index (χ0n) is 17.3. The van der Waals surface area contributed by atoms with Gasteiger partial charge in [0.05, 0.1) is 29.1 Å². The number of H-pyrrole nitrogens is 1. The molecule has 8 heteroatoms. The highest BCUT2D eigenvalue weighted by molar-refractivity contribution is 6.30. The number of carbonyl (C=O) groups is 1. The smallest absolute Gasteiger partial charge is 0.258 e. The largest absolute Gasteiger partial charge is 0.488 e. The molecule has 1 saturated heterocycles. The maximum Gasteiger partial charge on any atom is 0.258 e. The summed E-state index contributed by atoms with van der Waals surface area (Å²) in [5.74, 6) is 0.944. The number of carbonyl (C=O) groups excluding carboxylic acids is 1. The molecule has 1 unspecified atom stereocenters. The number of aromatic amines is 1. The third-order valence-electron chi connectivity index (χ3n) is 5.70. The first kappa shape index (κ1) is 20.7. The molecule has 2 aliphatic heterocycles. The molecule has 5 rings (SSSR count). The minimum atomic E-state index is -0.223. The predicted octanol–water partition coefficient (Wildman–Crippen LogP) is 3.56. The van der Waals surface area contributed by atoms with Crippen molar-refractivity contribution in [1.82, 2.24) is 14.9 Å². The Kier molecular flexibility index (Phi) is 5.68.